The van der Waals surface area contributed by atoms with Gasteiger partial charge in [0.05, 0.1) is 22.4 Å². The van der Waals surface area contributed by atoms with Crippen LogP contribution in [-0.2, 0) is 9.59 Å². The number of hydrogen-bond donors (Lipinski definition) is 2. The van der Waals surface area contributed by atoms with Crippen LogP contribution in [0, 0.1) is 23.1 Å². The second-order valence-corrected chi connectivity index (χ2v) is 7.18. The van der Waals surface area contributed by atoms with Crippen molar-refractivity contribution in [2.75, 3.05) is 12.3 Å². The summed E-state index contributed by atoms with van der Waals surface area (Å²) in [5.41, 5.74) is 1.10. The van der Waals surface area contributed by atoms with Gasteiger partial charge in [-0.05, 0) is 23.6 Å². The van der Waals surface area contributed by atoms with Crippen molar-refractivity contribution in [3.05, 3.63) is 46.2 Å². The molecule has 1 aromatic carbocycles. The molecule has 0 spiro atoms. The number of nitriles is 1. The van der Waals surface area contributed by atoms with Crippen LogP contribution in [0.15, 0.2) is 34.9 Å². The summed E-state index contributed by atoms with van der Waals surface area (Å²) in [6, 6.07) is 7.90. The van der Waals surface area contributed by atoms with E-state index < -0.39 is 5.92 Å². The molecule has 25 heavy (non-hydrogen) atoms. The number of halogens is 1. The van der Waals surface area contributed by atoms with Crippen molar-refractivity contribution >= 4 is 23.6 Å². The van der Waals surface area contributed by atoms with E-state index in [0.29, 0.717) is 28.6 Å². The first kappa shape index (κ1) is 19.0. The highest BCUT2D eigenvalue weighted by atomic mass is 32.2. The minimum Gasteiger partial charge on any atom is -0.355 e. The summed E-state index contributed by atoms with van der Waals surface area (Å²) in [6.45, 7) is 4.57. The Balaban J connectivity index is 2.16. The molecular weight excluding hydrogens is 341 g/mol. The van der Waals surface area contributed by atoms with Crippen LogP contribution in [0.3, 0.4) is 0 Å². The molecule has 1 aliphatic rings. The van der Waals surface area contributed by atoms with Crippen LogP contribution in [0.1, 0.15) is 31.7 Å². The molecule has 2 N–H and O–H groups in total. The van der Waals surface area contributed by atoms with Gasteiger partial charge in [-0.3, -0.25) is 9.59 Å². The highest BCUT2D eigenvalue weighted by molar-refractivity contribution is 8.03. The van der Waals surface area contributed by atoms with E-state index in [4.69, 9.17) is 0 Å². The lowest BCUT2D eigenvalue weighted by atomic mass is 9.87. The molecule has 1 atom stereocenters. The highest BCUT2D eigenvalue weighted by Crippen LogP contribution is 2.35. The predicted molar refractivity (Wildman–Crippen MR) is 94.8 cm³/mol. The third kappa shape index (κ3) is 5.33. The second kappa shape index (κ2) is 8.67. The number of benzene rings is 1. The van der Waals surface area contributed by atoms with E-state index >= 15 is 0 Å². The van der Waals surface area contributed by atoms with Crippen LogP contribution in [0.5, 0.6) is 0 Å². The number of carbonyl (C=O) groups is 2. The largest absolute Gasteiger partial charge is 0.355 e. The summed E-state index contributed by atoms with van der Waals surface area (Å²) in [4.78, 5) is 23.9. The van der Waals surface area contributed by atoms with Crippen LogP contribution in [-0.4, -0.2) is 24.1 Å². The third-order valence-electron chi connectivity index (χ3n) is 3.68. The van der Waals surface area contributed by atoms with Gasteiger partial charge < -0.3 is 10.6 Å². The fourth-order valence-corrected chi connectivity index (χ4v) is 3.33. The molecular formula is C18H20FN3O2S. The molecule has 0 aliphatic carbocycles. The van der Waals surface area contributed by atoms with E-state index in [9.17, 15) is 19.2 Å². The summed E-state index contributed by atoms with van der Waals surface area (Å²) in [5, 5.41) is 15.4. The van der Waals surface area contributed by atoms with Crippen molar-refractivity contribution in [3.63, 3.8) is 0 Å². The van der Waals surface area contributed by atoms with E-state index in [0.717, 1.165) is 11.8 Å². The smallest absolute Gasteiger partial charge is 0.230 e. The van der Waals surface area contributed by atoms with Crippen LogP contribution in [0.25, 0.3) is 0 Å². The lowest BCUT2D eigenvalue weighted by Crippen LogP contribution is -2.33. The maximum Gasteiger partial charge on any atom is 0.230 e. The number of rotatable bonds is 6. The van der Waals surface area contributed by atoms with Crippen LogP contribution in [0.2, 0.25) is 0 Å². The number of carbonyl (C=O) groups excluding carboxylic acids is 2. The van der Waals surface area contributed by atoms with Crippen molar-refractivity contribution in [3.8, 4) is 6.07 Å². The molecule has 7 heteroatoms. The Morgan fingerprint density at radius 2 is 2.12 bits per heavy atom. The Morgan fingerprint density at radius 3 is 2.72 bits per heavy atom. The molecule has 2 rings (SSSR count). The molecule has 1 aliphatic heterocycles. The minimum absolute atomic E-state index is 0.115. The lowest BCUT2D eigenvalue weighted by molar-refractivity contribution is -0.121. The van der Waals surface area contributed by atoms with Gasteiger partial charge in [-0.25, -0.2) is 4.39 Å². The van der Waals surface area contributed by atoms with Crippen LogP contribution >= 0.6 is 11.8 Å². The van der Waals surface area contributed by atoms with Gasteiger partial charge in [0.15, 0.2) is 0 Å². The highest BCUT2D eigenvalue weighted by Gasteiger charge is 2.29. The summed E-state index contributed by atoms with van der Waals surface area (Å²) < 4.78 is 13.1. The first-order valence-corrected chi connectivity index (χ1v) is 8.98. The standard InChI is InChI=1S/C18H20FN3O2S/c1-11(2)9-21-17(24)10-25-18-15(8-20)14(7-16(23)22-18)12-3-5-13(19)6-4-12/h3-6,11,14H,7,9-10H2,1-2H3,(H,21,24)(H,22,23)/t14-/m1/s1. The molecule has 2 amide bonds. The van der Waals surface area contributed by atoms with Gasteiger partial charge in [0.2, 0.25) is 11.8 Å². The van der Waals surface area contributed by atoms with E-state index in [-0.39, 0.29) is 29.8 Å². The predicted octanol–water partition coefficient (Wildman–Crippen LogP) is 2.67. The Hall–Kier alpha value is -2.33. The van der Waals surface area contributed by atoms with Gasteiger partial charge in [-0.2, -0.15) is 5.26 Å². The molecule has 0 radical (unpaired) electrons. The van der Waals surface area contributed by atoms with E-state index in [1.807, 2.05) is 13.8 Å². The Bertz CT molecular complexity index is 723. The van der Waals surface area contributed by atoms with E-state index in [1.54, 1.807) is 12.1 Å². The molecule has 0 saturated carbocycles. The zero-order valence-corrected chi connectivity index (χ0v) is 15.0. The van der Waals surface area contributed by atoms with Gasteiger partial charge in [0, 0.05) is 18.9 Å². The zero-order valence-electron chi connectivity index (χ0n) is 14.1. The second-order valence-electron chi connectivity index (χ2n) is 6.20. The summed E-state index contributed by atoms with van der Waals surface area (Å²) in [6.07, 6.45) is 0.123. The van der Waals surface area contributed by atoms with Crippen LogP contribution < -0.4 is 10.6 Å². The molecule has 0 bridgehead atoms. The van der Waals surface area contributed by atoms with Gasteiger partial charge >= 0.3 is 0 Å². The van der Waals surface area contributed by atoms with Gasteiger partial charge in [-0.1, -0.05) is 37.7 Å². The molecule has 0 aromatic heterocycles. The SMILES string of the molecule is CC(C)CNC(=O)CSC1=C(C#N)[C@@H](c2ccc(F)cc2)CC(=O)N1. The third-order valence-corrected chi connectivity index (χ3v) is 4.70. The first-order valence-electron chi connectivity index (χ1n) is 7.99. The number of allylic oxidation sites excluding steroid dienone is 1. The summed E-state index contributed by atoms with van der Waals surface area (Å²) in [7, 11) is 0. The number of hydrogen-bond acceptors (Lipinski definition) is 4. The maximum absolute atomic E-state index is 13.1. The number of nitrogens with zero attached hydrogens (tertiary/aromatic N) is 1. The lowest BCUT2D eigenvalue weighted by Gasteiger charge is -2.25. The molecule has 0 unspecified atom stereocenters. The van der Waals surface area contributed by atoms with Crippen LogP contribution in [0.4, 0.5) is 4.39 Å². The Kier molecular flexibility index (Phi) is 6.59. The monoisotopic (exact) mass is 361 g/mol. The number of nitrogens with one attached hydrogen (secondary N) is 2. The van der Waals surface area contributed by atoms with Crippen molar-refractivity contribution in [1.29, 1.82) is 5.26 Å². The molecule has 5 nitrogen and oxygen atoms in total. The van der Waals surface area contributed by atoms with Gasteiger partial charge in [0.1, 0.15) is 5.82 Å². The van der Waals surface area contributed by atoms with Gasteiger partial charge in [0.25, 0.3) is 0 Å². The average Bonchev–Trinajstić information content (AvgIpc) is 2.58. The molecule has 1 aromatic rings. The van der Waals surface area contributed by atoms with Crippen molar-refractivity contribution in [2.24, 2.45) is 5.92 Å². The quantitative estimate of drug-likeness (QED) is 0.816. The molecule has 0 fully saturated rings. The maximum atomic E-state index is 13.1. The Labute approximate surface area is 150 Å². The summed E-state index contributed by atoms with van der Waals surface area (Å²) >= 11 is 1.13. The van der Waals surface area contributed by atoms with Crippen molar-refractivity contribution in [2.45, 2.75) is 26.2 Å². The molecule has 1 heterocycles. The summed E-state index contributed by atoms with van der Waals surface area (Å²) in [5.74, 6) is -0.715. The van der Waals surface area contributed by atoms with Crippen molar-refractivity contribution < 1.29 is 14.0 Å². The Morgan fingerprint density at radius 1 is 1.44 bits per heavy atom. The zero-order chi connectivity index (χ0) is 18.4. The number of amides is 2. The van der Waals surface area contributed by atoms with E-state index in [1.165, 1.54) is 12.1 Å². The topological polar surface area (TPSA) is 82.0 Å². The molecule has 132 valence electrons. The van der Waals surface area contributed by atoms with Gasteiger partial charge in [-0.15, -0.1) is 0 Å². The van der Waals surface area contributed by atoms with Crippen molar-refractivity contribution in [1.82, 2.24) is 10.6 Å². The fourth-order valence-electron chi connectivity index (χ4n) is 2.42. The fraction of sp³-hybridized carbons (Fsp3) is 0.389. The normalized spacial score (nSPS) is 17.2. The minimum atomic E-state index is -0.430. The number of thioether (sulfide) groups is 1. The average molecular weight is 361 g/mol. The first-order chi connectivity index (χ1) is 11.9. The van der Waals surface area contributed by atoms with E-state index in [2.05, 4.69) is 16.7 Å². The molecule has 0 saturated heterocycles.